The number of Topliss-reactive ketones (excluding diaryl/α,β-unsaturated/α-hetero) is 1. The van der Waals surface area contributed by atoms with Crippen molar-refractivity contribution in [2.75, 3.05) is 20.2 Å². The number of likely N-dealkylation sites (tertiary alicyclic amines) is 1. The first-order valence-electron chi connectivity index (χ1n) is 14.9. The lowest BCUT2D eigenvalue weighted by molar-refractivity contribution is -0.146. The number of aliphatic hydroxyl groups excluding tert-OH is 1. The number of hydrogen-bond acceptors (Lipinski definition) is 8. The molecule has 0 unspecified atom stereocenters. The topological polar surface area (TPSA) is 122 Å². The van der Waals surface area contributed by atoms with E-state index in [9.17, 15) is 24.3 Å². The summed E-state index contributed by atoms with van der Waals surface area (Å²) in [4.78, 5) is 54.1. The van der Waals surface area contributed by atoms with E-state index in [-0.39, 0.29) is 35.0 Å². The molecule has 1 amide bonds. The molecule has 0 aromatic rings. The van der Waals surface area contributed by atoms with Crippen molar-refractivity contribution < 1.29 is 33.8 Å². The van der Waals surface area contributed by atoms with Gasteiger partial charge in [0.2, 0.25) is 11.6 Å². The van der Waals surface area contributed by atoms with Gasteiger partial charge in [0.05, 0.1) is 23.6 Å². The van der Waals surface area contributed by atoms with Crippen molar-refractivity contribution in [3.63, 3.8) is 0 Å². The largest absolute Gasteiger partial charge is 0.457 e. The zero-order valence-corrected chi connectivity index (χ0v) is 25.9. The minimum Gasteiger partial charge on any atom is -0.457 e. The molecule has 9 heteroatoms. The third kappa shape index (κ3) is 8.16. The minimum absolute atomic E-state index is 0.0372. The van der Waals surface area contributed by atoms with Gasteiger partial charge in [-0.2, -0.15) is 0 Å². The number of allylic oxidation sites excluding steroid dienone is 4. The number of carbonyl (C=O) groups excluding carboxylic acids is 4. The first kappa shape index (κ1) is 33.2. The van der Waals surface area contributed by atoms with Gasteiger partial charge in [-0.3, -0.25) is 19.2 Å². The van der Waals surface area contributed by atoms with E-state index in [4.69, 9.17) is 9.47 Å². The van der Waals surface area contributed by atoms with Crippen LogP contribution < -0.4 is 5.32 Å². The number of ketones is 2. The van der Waals surface area contributed by atoms with Crippen LogP contribution in [0.25, 0.3) is 0 Å². The Morgan fingerprint density at radius 1 is 1.07 bits per heavy atom. The van der Waals surface area contributed by atoms with E-state index >= 15 is 0 Å². The molecule has 6 atom stereocenters. The van der Waals surface area contributed by atoms with Gasteiger partial charge in [0.15, 0.2) is 0 Å². The lowest BCUT2D eigenvalue weighted by atomic mass is 9.84. The lowest BCUT2D eigenvalue weighted by Crippen LogP contribution is -2.38. The maximum atomic E-state index is 13.8. The number of aliphatic hydroxyl groups is 1. The summed E-state index contributed by atoms with van der Waals surface area (Å²) in [6.07, 6.45) is 8.92. The molecular formula is C33H46N2O7. The van der Waals surface area contributed by atoms with Gasteiger partial charge in [0, 0.05) is 56.2 Å². The molecule has 1 saturated heterocycles. The quantitative estimate of drug-likeness (QED) is 0.292. The smallest absolute Gasteiger partial charge is 0.303 e. The second kappa shape index (κ2) is 14.7. The summed E-state index contributed by atoms with van der Waals surface area (Å²) < 4.78 is 11.4. The third-order valence-electron chi connectivity index (χ3n) is 8.26. The molecule has 2 aliphatic heterocycles. The summed E-state index contributed by atoms with van der Waals surface area (Å²) in [7, 11) is 1.55. The average molecular weight is 583 g/mol. The Bertz CT molecular complexity index is 1220. The van der Waals surface area contributed by atoms with E-state index in [2.05, 4.69) is 5.32 Å². The lowest BCUT2D eigenvalue weighted by Gasteiger charge is -2.31. The van der Waals surface area contributed by atoms with Crippen LogP contribution in [0.4, 0.5) is 0 Å². The summed E-state index contributed by atoms with van der Waals surface area (Å²) in [5.74, 6) is -2.24. The number of nitrogens with one attached hydrogen (secondary N) is 1. The number of rotatable bonds is 3. The van der Waals surface area contributed by atoms with Crippen LogP contribution >= 0.6 is 0 Å². The average Bonchev–Trinajstić information content (AvgIpc) is 3.46. The highest BCUT2D eigenvalue weighted by atomic mass is 16.5. The molecule has 1 aliphatic carbocycles. The fourth-order valence-corrected chi connectivity index (χ4v) is 5.97. The predicted octanol–water partition coefficient (Wildman–Crippen LogP) is 3.95. The van der Waals surface area contributed by atoms with E-state index in [0.29, 0.717) is 42.8 Å². The van der Waals surface area contributed by atoms with Crippen molar-refractivity contribution >= 4 is 23.4 Å². The predicted molar refractivity (Wildman–Crippen MR) is 160 cm³/mol. The Kier molecular flexibility index (Phi) is 11.7. The number of nitrogens with zero attached hydrogens (tertiary/aromatic N) is 1. The number of hydrogen-bond donors (Lipinski definition) is 2. The Morgan fingerprint density at radius 2 is 1.74 bits per heavy atom. The van der Waals surface area contributed by atoms with Gasteiger partial charge in [0.1, 0.15) is 6.10 Å². The molecule has 2 bridgehead atoms. The fraction of sp³-hybridized carbons (Fsp3) is 0.576. The standard InChI is InChI=1S/C33H46N2O7/c1-19-15-25-29(35-13-8-9-14-35)27(37)18-26(31(25)39)34-33(40)21(3)12-10-11-20(2)32(42-24(6)36)23(5)17-22(4)30(38)28(16-19)41-7/h10-12,17-20,22,28,30,32,38H,8-9,13-16H2,1-7H3,(H,34,40)/b11-10-,21-12+,23-17+/t19-,20+,22+,28+,30-,32-/m1/s1. The van der Waals surface area contributed by atoms with Gasteiger partial charge < -0.3 is 24.8 Å². The molecule has 2 N–H and O–H groups in total. The number of fused-ring (bicyclic) bond motifs is 2. The monoisotopic (exact) mass is 582 g/mol. The number of esters is 1. The second-order valence-corrected chi connectivity index (χ2v) is 11.9. The first-order valence-corrected chi connectivity index (χ1v) is 14.9. The highest BCUT2D eigenvalue weighted by Gasteiger charge is 2.35. The molecule has 42 heavy (non-hydrogen) atoms. The van der Waals surface area contributed by atoms with Crippen LogP contribution in [-0.4, -0.2) is 72.0 Å². The Hall–Kier alpha value is -3.30. The number of ether oxygens (including phenoxy) is 2. The van der Waals surface area contributed by atoms with Gasteiger partial charge in [-0.25, -0.2) is 0 Å². The van der Waals surface area contributed by atoms with Crippen LogP contribution in [0.15, 0.2) is 58.5 Å². The van der Waals surface area contributed by atoms with Crippen LogP contribution in [-0.2, 0) is 28.7 Å². The highest BCUT2D eigenvalue weighted by molar-refractivity contribution is 6.23. The Labute approximate surface area is 249 Å². The van der Waals surface area contributed by atoms with Crippen LogP contribution in [0.2, 0.25) is 0 Å². The van der Waals surface area contributed by atoms with Gasteiger partial charge in [-0.15, -0.1) is 0 Å². The number of amides is 1. The van der Waals surface area contributed by atoms with Crippen LogP contribution in [0, 0.1) is 17.8 Å². The van der Waals surface area contributed by atoms with Gasteiger partial charge in [-0.05, 0) is 51.0 Å². The normalized spacial score (nSPS) is 33.8. The second-order valence-electron chi connectivity index (χ2n) is 11.9. The van der Waals surface area contributed by atoms with E-state index in [1.807, 2.05) is 44.7 Å². The van der Waals surface area contributed by atoms with E-state index in [1.54, 1.807) is 26.2 Å². The van der Waals surface area contributed by atoms with Gasteiger partial charge in [0.25, 0.3) is 5.91 Å². The molecule has 2 heterocycles. The molecule has 3 rings (SSSR count). The third-order valence-corrected chi connectivity index (χ3v) is 8.26. The van der Waals surface area contributed by atoms with Crippen molar-refractivity contribution in [1.29, 1.82) is 0 Å². The molecule has 1 fully saturated rings. The molecule has 0 saturated carbocycles. The highest BCUT2D eigenvalue weighted by Crippen LogP contribution is 2.32. The summed E-state index contributed by atoms with van der Waals surface area (Å²) in [6.45, 7) is 12.0. The van der Waals surface area contributed by atoms with E-state index in [0.717, 1.165) is 18.4 Å². The molecule has 0 aromatic heterocycles. The van der Waals surface area contributed by atoms with Crippen molar-refractivity contribution in [3.8, 4) is 0 Å². The number of methoxy groups -OCH3 is 1. The Morgan fingerprint density at radius 3 is 2.36 bits per heavy atom. The zero-order valence-electron chi connectivity index (χ0n) is 25.9. The van der Waals surface area contributed by atoms with Gasteiger partial charge >= 0.3 is 5.97 Å². The molecule has 3 aliphatic rings. The fourth-order valence-electron chi connectivity index (χ4n) is 5.97. The molecule has 0 spiro atoms. The van der Waals surface area contributed by atoms with Crippen molar-refractivity contribution in [1.82, 2.24) is 10.2 Å². The SMILES string of the molecule is CO[C@H]1C[C@H](C)CC2=C(N3CCCC3)C(=O)C=C(NC(=O)/C(C)=C/C=C\[C@H](C)[C@@H](OC(C)=O)/C(C)=C/[C@H](C)[C@H]1O)C2=O. The van der Waals surface area contributed by atoms with Crippen molar-refractivity contribution in [2.45, 2.75) is 85.5 Å². The van der Waals surface area contributed by atoms with Crippen molar-refractivity contribution in [2.24, 2.45) is 17.8 Å². The van der Waals surface area contributed by atoms with E-state index in [1.165, 1.54) is 13.0 Å². The maximum absolute atomic E-state index is 13.8. The summed E-state index contributed by atoms with van der Waals surface area (Å²) >= 11 is 0. The summed E-state index contributed by atoms with van der Waals surface area (Å²) in [5.41, 5.74) is 1.90. The number of carbonyl (C=O) groups is 4. The molecule has 0 aromatic carbocycles. The zero-order chi connectivity index (χ0) is 31.1. The molecular weight excluding hydrogens is 536 g/mol. The Balaban J connectivity index is 2.06. The van der Waals surface area contributed by atoms with Crippen LogP contribution in [0.3, 0.4) is 0 Å². The molecule has 0 radical (unpaired) electrons. The van der Waals surface area contributed by atoms with Crippen LogP contribution in [0.5, 0.6) is 0 Å². The molecule has 230 valence electrons. The van der Waals surface area contributed by atoms with Crippen LogP contribution in [0.1, 0.15) is 67.2 Å². The summed E-state index contributed by atoms with van der Waals surface area (Å²) in [5, 5.41) is 14.0. The van der Waals surface area contributed by atoms with Gasteiger partial charge in [-0.1, -0.05) is 45.1 Å². The minimum atomic E-state index is -0.866. The summed E-state index contributed by atoms with van der Waals surface area (Å²) in [6, 6.07) is 0. The molecule has 9 nitrogen and oxygen atoms in total. The maximum Gasteiger partial charge on any atom is 0.303 e. The van der Waals surface area contributed by atoms with Crippen molar-refractivity contribution in [3.05, 3.63) is 58.5 Å². The van der Waals surface area contributed by atoms with E-state index < -0.39 is 30.2 Å². The first-order chi connectivity index (χ1) is 19.8.